The number of aromatic nitrogens is 3. The molecule has 1 unspecified atom stereocenters. The van der Waals surface area contributed by atoms with Gasteiger partial charge in [0.2, 0.25) is 6.41 Å². The van der Waals surface area contributed by atoms with Gasteiger partial charge in [-0.15, -0.1) is 0 Å². The molecule has 0 aliphatic carbocycles. The van der Waals surface area contributed by atoms with Crippen LogP contribution in [-0.4, -0.2) is 59.8 Å². The Morgan fingerprint density at radius 1 is 1.30 bits per heavy atom. The molecule has 1 fully saturated rings. The van der Waals surface area contributed by atoms with Crippen LogP contribution in [0.3, 0.4) is 0 Å². The number of likely N-dealkylation sites (tertiary alicyclic amines) is 1. The number of anilines is 1. The molecule has 0 aromatic carbocycles. The van der Waals surface area contributed by atoms with Crippen LogP contribution in [0.1, 0.15) is 32.6 Å². The Bertz CT molecular complexity index is 727. The number of piperidine rings is 1. The Balaban J connectivity index is 1.57. The highest BCUT2D eigenvalue weighted by Crippen LogP contribution is 2.24. The zero-order chi connectivity index (χ0) is 19.1. The first-order valence-corrected chi connectivity index (χ1v) is 9.68. The highest BCUT2D eigenvalue weighted by Gasteiger charge is 2.16. The lowest BCUT2D eigenvalue weighted by Gasteiger charge is -2.29. The van der Waals surface area contributed by atoms with Crippen molar-refractivity contribution in [1.29, 1.82) is 0 Å². The van der Waals surface area contributed by atoms with Gasteiger partial charge in [-0.3, -0.25) is 19.8 Å². The summed E-state index contributed by atoms with van der Waals surface area (Å²) in [5, 5.41) is 7.29. The van der Waals surface area contributed by atoms with Crippen LogP contribution >= 0.6 is 0 Å². The number of H-pyrrole nitrogens is 1. The molecule has 2 aromatic heterocycles. The molecule has 1 amide bonds. The standard InChI is InChI=1S/C20H29N5O2/c1-16(14-24-7-4-3-5-8-24)6-9-25(15-26)20-11-19(22-23-20)17-10-18(27-2)13-21-12-17/h10-13,15-16H,3-9,14H2,1-2H3,(H,22,23). The molecule has 1 saturated heterocycles. The summed E-state index contributed by atoms with van der Waals surface area (Å²) in [6, 6.07) is 3.76. The lowest BCUT2D eigenvalue weighted by molar-refractivity contribution is -0.107. The van der Waals surface area contributed by atoms with E-state index in [4.69, 9.17) is 4.74 Å². The second kappa shape index (κ2) is 9.50. The zero-order valence-corrected chi connectivity index (χ0v) is 16.2. The van der Waals surface area contributed by atoms with Gasteiger partial charge in [-0.2, -0.15) is 5.10 Å². The van der Waals surface area contributed by atoms with Crippen LogP contribution in [0.5, 0.6) is 5.75 Å². The van der Waals surface area contributed by atoms with Gasteiger partial charge >= 0.3 is 0 Å². The minimum absolute atomic E-state index is 0.548. The van der Waals surface area contributed by atoms with Crippen molar-refractivity contribution < 1.29 is 9.53 Å². The van der Waals surface area contributed by atoms with E-state index in [9.17, 15) is 4.79 Å². The molecule has 2 aromatic rings. The Morgan fingerprint density at radius 2 is 2.11 bits per heavy atom. The maximum Gasteiger partial charge on any atom is 0.215 e. The fourth-order valence-electron chi connectivity index (χ4n) is 3.54. The van der Waals surface area contributed by atoms with Gasteiger partial charge in [0.15, 0.2) is 5.82 Å². The van der Waals surface area contributed by atoms with Crippen molar-refractivity contribution in [2.24, 2.45) is 5.92 Å². The summed E-state index contributed by atoms with van der Waals surface area (Å²) in [6.07, 6.45) is 9.18. The third kappa shape index (κ3) is 5.29. The molecule has 0 saturated carbocycles. The number of hydrogen-bond acceptors (Lipinski definition) is 5. The monoisotopic (exact) mass is 371 g/mol. The summed E-state index contributed by atoms with van der Waals surface area (Å²) in [5.41, 5.74) is 1.68. The predicted molar refractivity (Wildman–Crippen MR) is 106 cm³/mol. The molecule has 1 aliphatic heterocycles. The van der Waals surface area contributed by atoms with Gasteiger partial charge in [0.05, 0.1) is 19.0 Å². The van der Waals surface area contributed by atoms with E-state index in [0.29, 0.717) is 24.0 Å². The van der Waals surface area contributed by atoms with Gasteiger partial charge in [-0.05, 0) is 44.3 Å². The minimum Gasteiger partial charge on any atom is -0.495 e. The Hall–Kier alpha value is -2.41. The van der Waals surface area contributed by atoms with E-state index in [1.165, 1.54) is 32.4 Å². The van der Waals surface area contributed by atoms with Gasteiger partial charge < -0.3 is 9.64 Å². The Morgan fingerprint density at radius 3 is 2.85 bits per heavy atom. The molecule has 7 nitrogen and oxygen atoms in total. The molecule has 1 aliphatic rings. The molecular formula is C20H29N5O2. The summed E-state index contributed by atoms with van der Waals surface area (Å²) in [6.45, 7) is 6.45. The van der Waals surface area contributed by atoms with Crippen molar-refractivity contribution in [2.45, 2.75) is 32.6 Å². The predicted octanol–water partition coefficient (Wildman–Crippen LogP) is 2.96. The maximum atomic E-state index is 11.6. The molecule has 0 spiro atoms. The first-order chi connectivity index (χ1) is 13.2. The summed E-state index contributed by atoms with van der Waals surface area (Å²) in [4.78, 5) is 20.0. The quantitative estimate of drug-likeness (QED) is 0.686. The first kappa shape index (κ1) is 19.4. The van der Waals surface area contributed by atoms with Crippen LogP contribution in [0, 0.1) is 5.92 Å². The van der Waals surface area contributed by atoms with Gasteiger partial charge in [0, 0.05) is 30.9 Å². The van der Waals surface area contributed by atoms with Crippen LogP contribution < -0.4 is 9.64 Å². The van der Waals surface area contributed by atoms with E-state index in [1.54, 1.807) is 24.4 Å². The molecule has 7 heteroatoms. The topological polar surface area (TPSA) is 74.3 Å². The third-order valence-corrected chi connectivity index (χ3v) is 5.13. The highest BCUT2D eigenvalue weighted by atomic mass is 16.5. The lowest BCUT2D eigenvalue weighted by Crippen LogP contribution is -2.34. The molecule has 0 bridgehead atoms. The fraction of sp³-hybridized carbons (Fsp3) is 0.550. The molecule has 0 radical (unpaired) electrons. The lowest BCUT2D eigenvalue weighted by atomic mass is 10.0. The van der Waals surface area contributed by atoms with Crippen LogP contribution in [0.25, 0.3) is 11.3 Å². The number of nitrogens with one attached hydrogen (secondary N) is 1. The van der Waals surface area contributed by atoms with Crippen molar-refractivity contribution in [3.8, 4) is 17.0 Å². The average molecular weight is 371 g/mol. The van der Waals surface area contributed by atoms with Crippen molar-refractivity contribution in [3.05, 3.63) is 24.5 Å². The fourth-order valence-corrected chi connectivity index (χ4v) is 3.54. The van der Waals surface area contributed by atoms with E-state index in [-0.39, 0.29) is 0 Å². The number of rotatable bonds is 9. The van der Waals surface area contributed by atoms with Gasteiger partial charge in [0.25, 0.3) is 0 Å². The highest BCUT2D eigenvalue weighted by molar-refractivity contribution is 5.75. The van der Waals surface area contributed by atoms with Gasteiger partial charge in [-0.1, -0.05) is 13.3 Å². The number of ether oxygens (including phenoxy) is 1. The van der Waals surface area contributed by atoms with Crippen LogP contribution in [0.2, 0.25) is 0 Å². The minimum atomic E-state index is 0.548. The SMILES string of the molecule is COc1cncc(-c2cc(N(C=O)CCC(C)CN3CCCCC3)n[nH]2)c1. The molecule has 3 heterocycles. The van der Waals surface area contributed by atoms with Crippen molar-refractivity contribution in [2.75, 3.05) is 38.2 Å². The number of hydrogen-bond donors (Lipinski definition) is 1. The molecule has 1 N–H and O–H groups in total. The largest absolute Gasteiger partial charge is 0.495 e. The Kier molecular flexibility index (Phi) is 6.81. The van der Waals surface area contributed by atoms with Gasteiger partial charge in [-0.25, -0.2) is 0 Å². The summed E-state index contributed by atoms with van der Waals surface area (Å²) >= 11 is 0. The molecule has 1 atom stereocenters. The third-order valence-electron chi connectivity index (χ3n) is 5.13. The number of nitrogens with zero attached hydrogens (tertiary/aromatic N) is 4. The van der Waals surface area contributed by atoms with E-state index in [0.717, 1.165) is 30.6 Å². The van der Waals surface area contributed by atoms with E-state index < -0.39 is 0 Å². The average Bonchev–Trinajstić information content (AvgIpc) is 3.19. The summed E-state index contributed by atoms with van der Waals surface area (Å²) in [5.74, 6) is 1.86. The number of carbonyl (C=O) groups excluding carboxylic acids is 1. The second-order valence-corrected chi connectivity index (χ2v) is 7.31. The molecule has 3 rings (SSSR count). The van der Waals surface area contributed by atoms with Crippen molar-refractivity contribution >= 4 is 12.2 Å². The Labute approximate surface area is 160 Å². The van der Waals surface area contributed by atoms with Crippen LogP contribution in [0.15, 0.2) is 24.5 Å². The number of carbonyl (C=O) groups is 1. The van der Waals surface area contributed by atoms with Crippen LogP contribution in [0.4, 0.5) is 5.82 Å². The van der Waals surface area contributed by atoms with Crippen molar-refractivity contribution in [3.63, 3.8) is 0 Å². The van der Waals surface area contributed by atoms with Crippen LogP contribution in [-0.2, 0) is 4.79 Å². The summed E-state index contributed by atoms with van der Waals surface area (Å²) in [7, 11) is 1.61. The molecular weight excluding hydrogens is 342 g/mol. The number of methoxy groups -OCH3 is 1. The van der Waals surface area contributed by atoms with Gasteiger partial charge in [0.1, 0.15) is 5.75 Å². The number of aromatic amines is 1. The summed E-state index contributed by atoms with van der Waals surface area (Å²) < 4.78 is 5.21. The number of pyridine rings is 1. The zero-order valence-electron chi connectivity index (χ0n) is 16.2. The molecule has 27 heavy (non-hydrogen) atoms. The first-order valence-electron chi connectivity index (χ1n) is 9.68. The number of amides is 1. The normalized spacial score (nSPS) is 16.1. The smallest absolute Gasteiger partial charge is 0.215 e. The van der Waals surface area contributed by atoms with E-state index in [2.05, 4.69) is 27.0 Å². The molecule has 146 valence electrons. The van der Waals surface area contributed by atoms with E-state index in [1.807, 2.05) is 12.1 Å². The van der Waals surface area contributed by atoms with Crippen molar-refractivity contribution in [1.82, 2.24) is 20.1 Å². The van der Waals surface area contributed by atoms with E-state index >= 15 is 0 Å². The second-order valence-electron chi connectivity index (χ2n) is 7.31. The maximum absolute atomic E-state index is 11.6.